The molecule has 6 heteroatoms. The van der Waals surface area contributed by atoms with Crippen molar-refractivity contribution < 1.29 is 69.5 Å². The van der Waals surface area contributed by atoms with Crippen LogP contribution in [0.5, 0.6) is 0 Å². The first-order valence-corrected chi connectivity index (χ1v) is 13.5. The Morgan fingerprint density at radius 3 is 1.41 bits per heavy atom. The molecule has 0 saturated heterocycles. The van der Waals surface area contributed by atoms with E-state index in [0.717, 1.165) is 19.3 Å². The van der Waals surface area contributed by atoms with Crippen LogP contribution in [0.4, 0.5) is 0 Å². The molecule has 1 N–H and O–H groups in total. The summed E-state index contributed by atoms with van der Waals surface area (Å²) >= 11 is 0. The molecule has 0 heterocycles. The first-order valence-electron chi connectivity index (χ1n) is 12.0. The molecule has 0 spiro atoms. The van der Waals surface area contributed by atoms with E-state index < -0.39 is 21.5 Å². The van der Waals surface area contributed by atoms with Gasteiger partial charge in [-0.3, -0.25) is 0 Å². The zero-order chi connectivity index (χ0) is 21.1. The molecular weight excluding hydrogens is 411 g/mol. The minimum absolute atomic E-state index is 0. The second-order valence-corrected chi connectivity index (χ2v) is 10.2. The zero-order valence-corrected chi connectivity index (χ0v) is 23.6. The van der Waals surface area contributed by atoms with Crippen molar-refractivity contribution >= 4 is 10.1 Å². The second kappa shape index (κ2) is 22.7. The summed E-state index contributed by atoms with van der Waals surface area (Å²) in [6.45, 7) is 4.14. The monoisotopic (exact) mass is 458 g/mol. The molecule has 0 aromatic heterocycles. The van der Waals surface area contributed by atoms with Crippen LogP contribution in [0.2, 0.25) is 0 Å². The number of rotatable bonds is 21. The summed E-state index contributed by atoms with van der Waals surface area (Å²) in [7, 11) is -4.23. The number of hydrogen-bond donors (Lipinski definition) is 1. The van der Waals surface area contributed by atoms with Crippen molar-refractivity contribution in [2.75, 3.05) is 0 Å². The molecule has 0 rings (SSSR count). The maximum absolute atomic E-state index is 11.2. The molecule has 0 aromatic rings. The van der Waals surface area contributed by atoms with Crippen LogP contribution < -0.4 is 51.4 Å². The van der Waals surface area contributed by atoms with Gasteiger partial charge in [0.1, 0.15) is 0 Å². The Balaban J connectivity index is 0. The molecule has 0 aromatic carbocycles. The third kappa shape index (κ3) is 22.5. The molecule has 2 unspecified atom stereocenters. The van der Waals surface area contributed by atoms with E-state index in [2.05, 4.69) is 6.92 Å². The van der Waals surface area contributed by atoms with Crippen molar-refractivity contribution in [2.24, 2.45) is 0 Å². The SMILES string of the molecule is CCCCCCCCCCCCCCCCC(O)CCC(CCC)S(=O)(=O)[O-].[K+]. The molecule has 0 aliphatic rings. The van der Waals surface area contributed by atoms with Gasteiger partial charge in [-0.2, -0.15) is 0 Å². The second-order valence-electron chi connectivity index (χ2n) is 8.52. The Kier molecular flexibility index (Phi) is 25.6. The fraction of sp³-hybridized carbons (Fsp3) is 1.00. The Labute approximate surface area is 224 Å². The van der Waals surface area contributed by atoms with Gasteiger partial charge in [0.25, 0.3) is 0 Å². The third-order valence-electron chi connectivity index (χ3n) is 5.73. The van der Waals surface area contributed by atoms with Crippen molar-refractivity contribution in [3.63, 3.8) is 0 Å². The van der Waals surface area contributed by atoms with Crippen LogP contribution in [-0.4, -0.2) is 29.4 Å². The van der Waals surface area contributed by atoms with Crippen LogP contribution in [0.15, 0.2) is 0 Å². The normalized spacial score (nSPS) is 13.8. The molecule has 4 nitrogen and oxygen atoms in total. The van der Waals surface area contributed by atoms with Crippen LogP contribution in [0.3, 0.4) is 0 Å². The van der Waals surface area contributed by atoms with Crippen LogP contribution in [0.25, 0.3) is 0 Å². The van der Waals surface area contributed by atoms with E-state index in [-0.39, 0.29) is 51.4 Å². The first kappa shape index (κ1) is 32.7. The fourth-order valence-corrected chi connectivity index (χ4v) is 4.80. The number of aliphatic hydroxyl groups is 1. The minimum atomic E-state index is -4.23. The van der Waals surface area contributed by atoms with Gasteiger partial charge in [-0.25, -0.2) is 8.42 Å². The van der Waals surface area contributed by atoms with E-state index in [0.29, 0.717) is 25.7 Å². The van der Waals surface area contributed by atoms with Gasteiger partial charge in [-0.05, 0) is 25.7 Å². The van der Waals surface area contributed by atoms with Gasteiger partial charge in [0.2, 0.25) is 0 Å². The maximum Gasteiger partial charge on any atom is 1.00 e. The van der Waals surface area contributed by atoms with Gasteiger partial charge in [-0.15, -0.1) is 0 Å². The molecule has 170 valence electrons. The van der Waals surface area contributed by atoms with E-state index in [9.17, 15) is 18.1 Å². The Hall–Kier alpha value is 1.51. The van der Waals surface area contributed by atoms with E-state index in [4.69, 9.17) is 0 Å². The van der Waals surface area contributed by atoms with Gasteiger partial charge in [0, 0.05) is 5.25 Å². The first-order chi connectivity index (χ1) is 13.4. The van der Waals surface area contributed by atoms with Crippen LogP contribution >= 0.6 is 0 Å². The van der Waals surface area contributed by atoms with Crippen LogP contribution in [0.1, 0.15) is 136 Å². The number of aliphatic hydroxyl groups excluding tert-OH is 1. The third-order valence-corrected chi connectivity index (χ3v) is 7.02. The molecule has 29 heavy (non-hydrogen) atoms. The van der Waals surface area contributed by atoms with Crippen molar-refractivity contribution in [3.8, 4) is 0 Å². The van der Waals surface area contributed by atoms with Gasteiger partial charge < -0.3 is 9.66 Å². The summed E-state index contributed by atoms with van der Waals surface area (Å²) < 4.78 is 33.6. The van der Waals surface area contributed by atoms with Crippen molar-refractivity contribution in [2.45, 2.75) is 147 Å². The average molecular weight is 459 g/mol. The molecule has 0 aliphatic heterocycles. The van der Waals surface area contributed by atoms with E-state index in [1.165, 1.54) is 77.0 Å². The Morgan fingerprint density at radius 1 is 0.621 bits per heavy atom. The Morgan fingerprint density at radius 2 is 1.03 bits per heavy atom. The summed E-state index contributed by atoms with van der Waals surface area (Å²) in [4.78, 5) is 0. The van der Waals surface area contributed by atoms with Gasteiger partial charge in [0.15, 0.2) is 0 Å². The zero-order valence-electron chi connectivity index (χ0n) is 19.7. The molecule has 0 bridgehead atoms. The smallest absolute Gasteiger partial charge is 0.748 e. The molecule has 0 aliphatic carbocycles. The number of unbranched alkanes of at least 4 members (excludes halogenated alkanes) is 13. The summed E-state index contributed by atoms with van der Waals surface area (Å²) in [5.41, 5.74) is 0. The van der Waals surface area contributed by atoms with Gasteiger partial charge in [-0.1, -0.05) is 110 Å². The molecule has 0 radical (unpaired) electrons. The predicted octanol–water partition coefficient (Wildman–Crippen LogP) is 3.72. The molecule has 0 amide bonds. The topological polar surface area (TPSA) is 77.4 Å². The van der Waals surface area contributed by atoms with Crippen LogP contribution in [0, 0.1) is 0 Å². The van der Waals surface area contributed by atoms with Crippen molar-refractivity contribution in [3.05, 3.63) is 0 Å². The summed E-state index contributed by atoms with van der Waals surface area (Å²) in [6.07, 6.45) is 20.4. The maximum atomic E-state index is 11.2. The minimum Gasteiger partial charge on any atom is -0.748 e. The standard InChI is InChI=1S/C23H48O4S.K/c1-3-5-6-7-8-9-10-11-12-13-14-15-16-17-19-22(24)20-21-23(18-4-2)28(25,26)27;/h22-24H,3-21H2,1-2H3,(H,25,26,27);/q;+1/p-1. The predicted molar refractivity (Wildman–Crippen MR) is 119 cm³/mol. The Bertz CT molecular complexity index is 429. The molecule has 2 atom stereocenters. The average Bonchev–Trinajstić information content (AvgIpc) is 2.64. The summed E-state index contributed by atoms with van der Waals surface area (Å²) in [5.74, 6) is 0. The molecule has 0 fully saturated rings. The van der Waals surface area contributed by atoms with Crippen molar-refractivity contribution in [1.82, 2.24) is 0 Å². The van der Waals surface area contributed by atoms with E-state index in [1.54, 1.807) is 0 Å². The quantitative estimate of drug-likeness (QED) is 0.162. The van der Waals surface area contributed by atoms with Gasteiger partial charge >= 0.3 is 51.4 Å². The van der Waals surface area contributed by atoms with Crippen molar-refractivity contribution in [1.29, 1.82) is 0 Å². The largest absolute Gasteiger partial charge is 1.00 e. The molecule has 0 saturated carbocycles. The molecular formula is C23H47KO4S. The van der Waals surface area contributed by atoms with Crippen LogP contribution in [-0.2, 0) is 10.1 Å². The fourth-order valence-electron chi connectivity index (χ4n) is 3.85. The van der Waals surface area contributed by atoms with E-state index in [1.807, 2.05) is 6.92 Å². The summed E-state index contributed by atoms with van der Waals surface area (Å²) in [5, 5.41) is 9.20. The van der Waals surface area contributed by atoms with Gasteiger partial charge in [0.05, 0.1) is 16.2 Å². The summed E-state index contributed by atoms with van der Waals surface area (Å²) in [6, 6.07) is 0. The van der Waals surface area contributed by atoms with E-state index >= 15 is 0 Å². The number of hydrogen-bond acceptors (Lipinski definition) is 4.